The first-order chi connectivity index (χ1) is 11.6. The Bertz CT molecular complexity index is 753. The van der Waals surface area contributed by atoms with Crippen molar-refractivity contribution in [3.63, 3.8) is 0 Å². The van der Waals surface area contributed by atoms with Crippen LogP contribution in [0.1, 0.15) is 48.3 Å². The van der Waals surface area contributed by atoms with Crippen molar-refractivity contribution in [3.05, 3.63) is 47.9 Å². The number of nitrogens with two attached hydrogens (primary N) is 1. The number of benzene rings is 1. The molecule has 124 valence electrons. The third-order valence-electron chi connectivity index (χ3n) is 4.28. The van der Waals surface area contributed by atoms with E-state index in [-0.39, 0.29) is 11.6 Å². The summed E-state index contributed by atoms with van der Waals surface area (Å²) in [6.07, 6.45) is 7.14. The Morgan fingerprint density at radius 2 is 1.88 bits per heavy atom. The highest BCUT2D eigenvalue weighted by molar-refractivity contribution is 6.06. The SMILES string of the molecule is Nc1nc(C(=O)O)ncc1C(=Nc1ccccc1)C1CCCCC1. The number of aliphatic imine (C=N–C) groups is 1. The molecule has 1 heterocycles. The standard InChI is InChI=1S/C18H20N4O2/c19-16-14(11-20-17(22-16)18(23)24)15(12-7-3-1-4-8-12)21-13-9-5-2-6-10-13/h2,5-6,9-12H,1,3-4,7-8H2,(H,23,24)(H2,19,20,22). The van der Waals surface area contributed by atoms with Crippen molar-refractivity contribution < 1.29 is 9.90 Å². The van der Waals surface area contributed by atoms with Gasteiger partial charge >= 0.3 is 5.97 Å². The lowest BCUT2D eigenvalue weighted by Crippen LogP contribution is -2.21. The molecule has 0 atom stereocenters. The number of aromatic carboxylic acids is 1. The summed E-state index contributed by atoms with van der Waals surface area (Å²) >= 11 is 0. The van der Waals surface area contributed by atoms with Crippen molar-refractivity contribution >= 4 is 23.2 Å². The van der Waals surface area contributed by atoms with Crippen LogP contribution in [0.25, 0.3) is 0 Å². The zero-order valence-electron chi connectivity index (χ0n) is 13.4. The van der Waals surface area contributed by atoms with E-state index in [1.165, 1.54) is 12.6 Å². The molecule has 1 aromatic carbocycles. The number of nitrogens with zero attached hydrogens (tertiary/aromatic N) is 3. The molecule has 0 radical (unpaired) electrons. The van der Waals surface area contributed by atoms with Gasteiger partial charge in [0, 0.05) is 12.1 Å². The van der Waals surface area contributed by atoms with Crippen LogP contribution in [0.2, 0.25) is 0 Å². The minimum atomic E-state index is -1.19. The van der Waals surface area contributed by atoms with E-state index < -0.39 is 5.97 Å². The zero-order chi connectivity index (χ0) is 16.9. The third kappa shape index (κ3) is 3.59. The maximum absolute atomic E-state index is 11.0. The minimum absolute atomic E-state index is 0.169. The molecule has 3 N–H and O–H groups in total. The summed E-state index contributed by atoms with van der Waals surface area (Å²) < 4.78 is 0. The summed E-state index contributed by atoms with van der Waals surface area (Å²) in [5, 5.41) is 9.01. The second-order valence-corrected chi connectivity index (χ2v) is 5.97. The van der Waals surface area contributed by atoms with Gasteiger partial charge in [0.25, 0.3) is 0 Å². The number of carboxylic acid groups (broad SMARTS) is 1. The second kappa shape index (κ2) is 7.21. The van der Waals surface area contributed by atoms with E-state index in [0.717, 1.165) is 37.1 Å². The third-order valence-corrected chi connectivity index (χ3v) is 4.28. The average Bonchev–Trinajstić information content (AvgIpc) is 2.61. The predicted octanol–water partition coefficient (Wildman–Crippen LogP) is 3.46. The summed E-state index contributed by atoms with van der Waals surface area (Å²) in [7, 11) is 0. The van der Waals surface area contributed by atoms with Crippen molar-refractivity contribution in [2.45, 2.75) is 32.1 Å². The van der Waals surface area contributed by atoms with E-state index in [2.05, 4.69) is 9.97 Å². The Morgan fingerprint density at radius 3 is 2.50 bits per heavy atom. The smallest absolute Gasteiger partial charge is 0.374 e. The fraction of sp³-hybridized carbons (Fsp3) is 0.333. The molecule has 6 heteroatoms. The van der Waals surface area contributed by atoms with Crippen LogP contribution >= 0.6 is 0 Å². The van der Waals surface area contributed by atoms with Gasteiger partial charge in [0.1, 0.15) is 5.82 Å². The van der Waals surface area contributed by atoms with Gasteiger partial charge in [0.05, 0.1) is 17.0 Å². The lowest BCUT2D eigenvalue weighted by molar-refractivity contribution is 0.0683. The Hall–Kier alpha value is -2.76. The van der Waals surface area contributed by atoms with Gasteiger partial charge in [-0.15, -0.1) is 0 Å². The van der Waals surface area contributed by atoms with Crippen LogP contribution in [0, 0.1) is 5.92 Å². The number of rotatable bonds is 4. The van der Waals surface area contributed by atoms with Gasteiger partial charge in [-0.25, -0.2) is 14.8 Å². The number of carbonyl (C=O) groups is 1. The number of hydrogen-bond donors (Lipinski definition) is 2. The summed E-state index contributed by atoms with van der Waals surface area (Å²) in [5.41, 5.74) is 8.36. The van der Waals surface area contributed by atoms with E-state index in [9.17, 15) is 4.79 Å². The molecule has 0 amide bonds. The highest BCUT2D eigenvalue weighted by Crippen LogP contribution is 2.30. The van der Waals surface area contributed by atoms with Gasteiger partial charge in [0.15, 0.2) is 0 Å². The van der Waals surface area contributed by atoms with Crippen LogP contribution in [0.5, 0.6) is 0 Å². The van der Waals surface area contributed by atoms with Gasteiger partial charge in [-0.05, 0) is 25.0 Å². The molecule has 0 bridgehead atoms. The molecule has 2 aromatic rings. The normalized spacial score (nSPS) is 16.1. The van der Waals surface area contributed by atoms with Crippen LogP contribution in [-0.2, 0) is 0 Å². The molecule has 1 aliphatic carbocycles. The number of nitrogen functional groups attached to an aromatic ring is 1. The number of para-hydroxylation sites is 1. The molecular formula is C18H20N4O2. The first-order valence-corrected chi connectivity index (χ1v) is 8.15. The molecule has 1 fully saturated rings. The van der Waals surface area contributed by atoms with Crippen molar-refractivity contribution in [3.8, 4) is 0 Å². The maximum Gasteiger partial charge on any atom is 0.374 e. The molecule has 0 saturated heterocycles. The van der Waals surface area contributed by atoms with Gasteiger partial charge in [-0.3, -0.25) is 4.99 Å². The van der Waals surface area contributed by atoms with E-state index in [1.54, 1.807) is 0 Å². The summed E-state index contributed by atoms with van der Waals surface area (Å²) in [6, 6.07) is 9.69. The Kier molecular flexibility index (Phi) is 4.84. The maximum atomic E-state index is 11.0. The van der Waals surface area contributed by atoms with Crippen molar-refractivity contribution in [1.82, 2.24) is 9.97 Å². The molecule has 0 spiro atoms. The molecular weight excluding hydrogens is 304 g/mol. The van der Waals surface area contributed by atoms with Gasteiger partial charge in [-0.1, -0.05) is 37.5 Å². The molecule has 1 aliphatic rings. The number of carboxylic acids is 1. The molecule has 3 rings (SSSR count). The lowest BCUT2D eigenvalue weighted by Gasteiger charge is -2.24. The van der Waals surface area contributed by atoms with Crippen LogP contribution in [0.4, 0.5) is 11.5 Å². The monoisotopic (exact) mass is 324 g/mol. The van der Waals surface area contributed by atoms with Crippen LogP contribution in [0.15, 0.2) is 41.5 Å². The highest BCUT2D eigenvalue weighted by atomic mass is 16.4. The van der Waals surface area contributed by atoms with Crippen molar-refractivity contribution in [2.24, 2.45) is 10.9 Å². The molecule has 1 aromatic heterocycles. The fourth-order valence-electron chi connectivity index (χ4n) is 3.08. The summed E-state index contributed by atoms with van der Waals surface area (Å²) in [5.74, 6) is -1.02. The number of hydrogen-bond acceptors (Lipinski definition) is 5. The predicted molar refractivity (Wildman–Crippen MR) is 92.6 cm³/mol. The van der Waals surface area contributed by atoms with Gasteiger partial charge in [0.2, 0.25) is 5.82 Å². The Labute approximate surface area is 140 Å². The first-order valence-electron chi connectivity index (χ1n) is 8.15. The number of aromatic nitrogens is 2. The topological polar surface area (TPSA) is 101 Å². The largest absolute Gasteiger partial charge is 0.475 e. The Morgan fingerprint density at radius 1 is 1.17 bits per heavy atom. The fourth-order valence-corrected chi connectivity index (χ4v) is 3.08. The quantitative estimate of drug-likeness (QED) is 0.839. The van der Waals surface area contributed by atoms with Crippen molar-refractivity contribution in [2.75, 3.05) is 5.73 Å². The van der Waals surface area contributed by atoms with Crippen LogP contribution in [0.3, 0.4) is 0 Å². The zero-order valence-corrected chi connectivity index (χ0v) is 13.4. The summed E-state index contributed by atoms with van der Waals surface area (Å²) in [4.78, 5) is 23.7. The Balaban J connectivity index is 2.04. The molecule has 0 aliphatic heterocycles. The lowest BCUT2D eigenvalue weighted by atomic mass is 9.83. The average molecular weight is 324 g/mol. The van der Waals surface area contributed by atoms with Crippen molar-refractivity contribution in [1.29, 1.82) is 0 Å². The van der Waals surface area contributed by atoms with Gasteiger partial charge in [-0.2, -0.15) is 0 Å². The van der Waals surface area contributed by atoms with E-state index in [1.807, 2.05) is 30.3 Å². The molecule has 24 heavy (non-hydrogen) atoms. The van der Waals surface area contributed by atoms with E-state index in [0.29, 0.717) is 11.5 Å². The van der Waals surface area contributed by atoms with E-state index in [4.69, 9.17) is 15.8 Å². The van der Waals surface area contributed by atoms with E-state index >= 15 is 0 Å². The summed E-state index contributed by atoms with van der Waals surface area (Å²) in [6.45, 7) is 0. The second-order valence-electron chi connectivity index (χ2n) is 5.97. The highest BCUT2D eigenvalue weighted by Gasteiger charge is 2.24. The van der Waals surface area contributed by atoms with Gasteiger partial charge < -0.3 is 10.8 Å². The molecule has 1 saturated carbocycles. The minimum Gasteiger partial charge on any atom is -0.475 e. The first kappa shape index (κ1) is 16.1. The molecule has 6 nitrogen and oxygen atoms in total. The van der Waals surface area contributed by atoms with Crippen LogP contribution in [-0.4, -0.2) is 26.8 Å². The molecule has 0 unspecified atom stereocenters. The number of anilines is 1. The van der Waals surface area contributed by atoms with Crippen LogP contribution < -0.4 is 5.73 Å².